The van der Waals surface area contributed by atoms with E-state index in [0.29, 0.717) is 63.9 Å². The van der Waals surface area contributed by atoms with Gasteiger partial charge in [0.2, 0.25) is 5.91 Å². The van der Waals surface area contributed by atoms with Crippen LogP contribution in [0.3, 0.4) is 0 Å². The maximum Gasteiger partial charge on any atom is 0.416 e. The van der Waals surface area contributed by atoms with Gasteiger partial charge in [-0.25, -0.2) is 0 Å². The van der Waals surface area contributed by atoms with E-state index in [9.17, 15) is 22.8 Å². The van der Waals surface area contributed by atoms with Crippen molar-refractivity contribution in [2.45, 2.75) is 62.6 Å². The van der Waals surface area contributed by atoms with Crippen molar-refractivity contribution < 1.29 is 37.0 Å². The molecule has 11 heteroatoms. The minimum Gasteiger partial charge on any atom is -0.497 e. The highest BCUT2D eigenvalue weighted by atomic mass is 19.4. The van der Waals surface area contributed by atoms with E-state index in [-0.39, 0.29) is 41.5 Å². The number of likely N-dealkylation sites (tertiary alicyclic amines) is 2. The second-order valence-electron chi connectivity index (χ2n) is 14.0. The number of nitrogens with zero attached hydrogens (tertiary/aromatic N) is 3. The summed E-state index contributed by atoms with van der Waals surface area (Å²) in [7, 11) is 4.63. The molecule has 2 aromatic carbocycles. The maximum absolute atomic E-state index is 14.6. The minimum atomic E-state index is -4.49. The molecule has 3 heterocycles. The molecule has 0 unspecified atom stereocenters. The van der Waals surface area contributed by atoms with Crippen molar-refractivity contribution in [3.05, 3.63) is 59.2 Å². The molecule has 0 spiro atoms. The van der Waals surface area contributed by atoms with Crippen molar-refractivity contribution in [1.29, 1.82) is 0 Å². The Hall–Kier alpha value is -3.31. The molecule has 6 rings (SSSR count). The quantitative estimate of drug-likeness (QED) is 0.305. The van der Waals surface area contributed by atoms with Gasteiger partial charge in [-0.05, 0) is 61.1 Å². The van der Waals surface area contributed by atoms with E-state index in [2.05, 4.69) is 17.0 Å². The van der Waals surface area contributed by atoms with Crippen molar-refractivity contribution in [2.24, 2.45) is 17.8 Å². The van der Waals surface area contributed by atoms with Crippen LogP contribution in [0.1, 0.15) is 67.1 Å². The average molecular weight is 672 g/mol. The largest absolute Gasteiger partial charge is 0.497 e. The Kier molecular flexibility index (Phi) is 10.6. The molecular weight excluding hydrogens is 623 g/mol. The predicted octanol–water partition coefficient (Wildman–Crippen LogP) is 5.95. The van der Waals surface area contributed by atoms with E-state index >= 15 is 0 Å². The number of rotatable bonds is 9. The first-order valence-electron chi connectivity index (χ1n) is 17.3. The molecule has 48 heavy (non-hydrogen) atoms. The van der Waals surface area contributed by atoms with E-state index in [1.807, 2.05) is 21.9 Å². The average Bonchev–Trinajstić information content (AvgIpc) is 3.88. The number of amides is 1. The number of ether oxygens (including phenoxy) is 3. The molecular formula is C37H48F3N3O5. The SMILES string of the molecule is COC[C@H]1CN(C(=O)[C@@H]2CN(C3CCCC3)C[C@H]2c2ccc(OC)cc2)C[C@@H]1c1ccc(C(F)(F)F)cc1N1CCC(C(=O)OC)CC1. The second-order valence-corrected chi connectivity index (χ2v) is 14.0. The third-order valence-corrected chi connectivity index (χ3v) is 11.3. The number of alkyl halides is 3. The number of piperidine rings is 1. The number of carbonyl (C=O) groups is 2. The van der Waals surface area contributed by atoms with Gasteiger partial charge in [0.15, 0.2) is 0 Å². The molecule has 1 aliphatic carbocycles. The van der Waals surface area contributed by atoms with Gasteiger partial charge < -0.3 is 24.0 Å². The Morgan fingerprint density at radius 1 is 0.854 bits per heavy atom. The molecule has 262 valence electrons. The molecule has 0 aromatic heterocycles. The normalized spacial score (nSPS) is 26.0. The van der Waals surface area contributed by atoms with Gasteiger partial charge >= 0.3 is 12.1 Å². The summed E-state index contributed by atoms with van der Waals surface area (Å²) in [6, 6.07) is 12.5. The summed E-state index contributed by atoms with van der Waals surface area (Å²) in [4.78, 5) is 33.2. The molecule has 0 bridgehead atoms. The molecule has 0 radical (unpaired) electrons. The number of carbonyl (C=O) groups excluding carboxylic acids is 2. The standard InChI is InChI=1S/C37H48F3N3O5/c1-46-23-26-19-43(35(44)33-22-42(28-6-4-5-7-28)20-31(33)24-8-11-29(47-2)12-9-24)21-32(26)30-13-10-27(37(38,39)40)18-34(30)41-16-14-25(15-17-41)36(45)48-3/h8-13,18,25-26,28,31-33H,4-7,14-17,19-23H2,1-3H3/t26-,31+,32+,33-/m1/s1. The summed E-state index contributed by atoms with van der Waals surface area (Å²) >= 11 is 0. The number of benzene rings is 2. The minimum absolute atomic E-state index is 0.0432. The highest BCUT2D eigenvalue weighted by Crippen LogP contribution is 2.44. The lowest BCUT2D eigenvalue weighted by atomic mass is 9.86. The third kappa shape index (κ3) is 7.18. The molecule has 3 aliphatic heterocycles. The predicted molar refractivity (Wildman–Crippen MR) is 176 cm³/mol. The number of esters is 1. The first kappa shape index (κ1) is 34.5. The van der Waals surface area contributed by atoms with Gasteiger partial charge in [0, 0.05) is 75.9 Å². The topological polar surface area (TPSA) is 71.6 Å². The van der Waals surface area contributed by atoms with Gasteiger partial charge in [0.25, 0.3) is 0 Å². The Morgan fingerprint density at radius 3 is 2.19 bits per heavy atom. The van der Waals surface area contributed by atoms with E-state index in [4.69, 9.17) is 14.2 Å². The van der Waals surface area contributed by atoms with Crippen LogP contribution in [0.25, 0.3) is 0 Å². The van der Waals surface area contributed by atoms with Crippen LogP contribution in [0.15, 0.2) is 42.5 Å². The van der Waals surface area contributed by atoms with Crippen LogP contribution < -0.4 is 9.64 Å². The highest BCUT2D eigenvalue weighted by molar-refractivity contribution is 5.81. The second kappa shape index (κ2) is 14.7. The van der Waals surface area contributed by atoms with Crippen LogP contribution in [0.2, 0.25) is 0 Å². The molecule has 1 saturated carbocycles. The summed E-state index contributed by atoms with van der Waals surface area (Å²) < 4.78 is 58.0. The van der Waals surface area contributed by atoms with Crippen molar-refractivity contribution >= 4 is 17.6 Å². The molecule has 8 nitrogen and oxygen atoms in total. The Morgan fingerprint density at radius 2 is 1.56 bits per heavy atom. The van der Waals surface area contributed by atoms with Crippen LogP contribution >= 0.6 is 0 Å². The van der Waals surface area contributed by atoms with Crippen LogP contribution in [-0.4, -0.2) is 94.9 Å². The lowest BCUT2D eigenvalue weighted by Crippen LogP contribution is -2.39. The number of methoxy groups -OCH3 is 3. The monoisotopic (exact) mass is 671 g/mol. The molecule has 4 fully saturated rings. The molecule has 4 atom stereocenters. The number of anilines is 1. The van der Waals surface area contributed by atoms with E-state index < -0.39 is 11.7 Å². The lowest BCUT2D eigenvalue weighted by molar-refractivity contribution is -0.146. The van der Waals surface area contributed by atoms with Crippen molar-refractivity contribution in [2.75, 3.05) is 72.1 Å². The fourth-order valence-corrected chi connectivity index (χ4v) is 8.69. The third-order valence-electron chi connectivity index (χ3n) is 11.3. The van der Waals surface area contributed by atoms with Crippen molar-refractivity contribution in [1.82, 2.24) is 9.80 Å². The summed E-state index contributed by atoms with van der Waals surface area (Å²) in [5.74, 6) is -0.117. The summed E-state index contributed by atoms with van der Waals surface area (Å²) in [5, 5.41) is 0. The summed E-state index contributed by atoms with van der Waals surface area (Å²) in [6.45, 7) is 3.71. The van der Waals surface area contributed by atoms with Gasteiger partial charge in [0.05, 0.1) is 38.2 Å². The van der Waals surface area contributed by atoms with Gasteiger partial charge in [0.1, 0.15) is 5.75 Å². The Balaban J connectivity index is 1.28. The smallest absolute Gasteiger partial charge is 0.416 e. The fraction of sp³-hybridized carbons (Fsp3) is 0.622. The van der Waals surface area contributed by atoms with E-state index in [1.165, 1.54) is 26.0 Å². The summed E-state index contributed by atoms with van der Waals surface area (Å²) in [6.07, 6.45) is 1.27. The molecule has 4 aliphatic rings. The Bertz CT molecular complexity index is 1420. The first-order valence-corrected chi connectivity index (χ1v) is 17.3. The lowest BCUT2D eigenvalue weighted by Gasteiger charge is -2.35. The Labute approximate surface area is 281 Å². The van der Waals surface area contributed by atoms with Crippen LogP contribution in [0, 0.1) is 17.8 Å². The molecule has 1 amide bonds. The number of hydrogen-bond donors (Lipinski definition) is 0. The maximum atomic E-state index is 14.6. The zero-order chi connectivity index (χ0) is 34.0. The zero-order valence-electron chi connectivity index (χ0n) is 28.2. The fourth-order valence-electron chi connectivity index (χ4n) is 8.69. The van der Waals surface area contributed by atoms with Crippen molar-refractivity contribution in [3.63, 3.8) is 0 Å². The van der Waals surface area contributed by atoms with Crippen LogP contribution in [-0.2, 0) is 25.2 Å². The highest BCUT2D eigenvalue weighted by Gasteiger charge is 2.46. The number of hydrogen-bond acceptors (Lipinski definition) is 7. The molecule has 3 saturated heterocycles. The van der Waals surface area contributed by atoms with E-state index in [0.717, 1.165) is 42.3 Å². The van der Waals surface area contributed by atoms with Crippen LogP contribution in [0.5, 0.6) is 5.75 Å². The number of halogens is 3. The molecule has 2 aromatic rings. The van der Waals surface area contributed by atoms with Crippen molar-refractivity contribution in [3.8, 4) is 5.75 Å². The van der Waals surface area contributed by atoms with Gasteiger partial charge in [-0.2, -0.15) is 13.2 Å². The first-order chi connectivity index (χ1) is 23.1. The summed E-state index contributed by atoms with van der Waals surface area (Å²) in [5.41, 5.74) is 1.74. The van der Waals surface area contributed by atoms with Gasteiger partial charge in [-0.15, -0.1) is 0 Å². The molecule has 0 N–H and O–H groups in total. The van der Waals surface area contributed by atoms with Crippen LogP contribution in [0.4, 0.5) is 18.9 Å². The van der Waals surface area contributed by atoms with Gasteiger partial charge in [-0.3, -0.25) is 14.5 Å². The zero-order valence-corrected chi connectivity index (χ0v) is 28.2. The van der Waals surface area contributed by atoms with E-state index in [1.54, 1.807) is 20.3 Å². The van der Waals surface area contributed by atoms with Gasteiger partial charge in [-0.1, -0.05) is 31.0 Å².